The van der Waals surface area contributed by atoms with Gasteiger partial charge in [0.15, 0.2) is 0 Å². The van der Waals surface area contributed by atoms with E-state index in [4.69, 9.17) is 9.84 Å². The van der Waals surface area contributed by atoms with Crippen LogP contribution in [0.3, 0.4) is 0 Å². The van der Waals surface area contributed by atoms with Crippen LogP contribution in [0.4, 0.5) is 0 Å². The maximum absolute atomic E-state index is 8.84. The van der Waals surface area contributed by atoms with Crippen molar-refractivity contribution in [3.8, 4) is 0 Å². The molecular weight excluding hydrogens is 104 g/mol. The van der Waals surface area contributed by atoms with E-state index in [0.29, 0.717) is 6.61 Å². The van der Waals surface area contributed by atoms with E-state index in [9.17, 15) is 0 Å². The van der Waals surface area contributed by atoms with Crippen LogP contribution >= 0.6 is 0 Å². The van der Waals surface area contributed by atoms with Crippen LogP contribution in [0.2, 0.25) is 0 Å². The largest absolute Gasteiger partial charge is 0.481 e. The van der Waals surface area contributed by atoms with Gasteiger partial charge in [-0.05, 0) is 19.8 Å². The van der Waals surface area contributed by atoms with Crippen LogP contribution < -0.4 is 0 Å². The number of aliphatic hydroxyl groups excluding tert-OH is 1. The molecule has 1 heterocycles. The number of allylic oxidation sites excluding steroid dienone is 1. The van der Waals surface area contributed by atoms with Crippen molar-refractivity contribution in [2.75, 3.05) is 6.61 Å². The minimum Gasteiger partial charge on any atom is -0.481 e. The second kappa shape index (κ2) is 2.07. The van der Waals surface area contributed by atoms with E-state index in [1.165, 1.54) is 0 Å². The molecule has 0 aromatic rings. The SMILES string of the molecule is CC1=C(O)OCCC1. The summed E-state index contributed by atoms with van der Waals surface area (Å²) in [5.74, 6) is 0.135. The zero-order valence-corrected chi connectivity index (χ0v) is 4.98. The van der Waals surface area contributed by atoms with E-state index in [1.54, 1.807) is 0 Å². The highest BCUT2D eigenvalue weighted by atomic mass is 16.6. The molecule has 0 bridgehead atoms. The normalized spacial score (nSPS) is 20.6. The summed E-state index contributed by atoms with van der Waals surface area (Å²) in [6.45, 7) is 2.55. The summed E-state index contributed by atoms with van der Waals surface area (Å²) in [5, 5.41) is 8.84. The number of ether oxygens (including phenoxy) is 1. The lowest BCUT2D eigenvalue weighted by atomic mass is 10.1. The third-order valence-corrected chi connectivity index (χ3v) is 1.30. The average Bonchev–Trinajstić information content (AvgIpc) is 1.77. The van der Waals surface area contributed by atoms with Gasteiger partial charge in [0.1, 0.15) is 0 Å². The molecule has 0 saturated carbocycles. The average molecular weight is 114 g/mol. The van der Waals surface area contributed by atoms with Crippen molar-refractivity contribution in [2.24, 2.45) is 0 Å². The highest BCUT2D eigenvalue weighted by Crippen LogP contribution is 2.14. The summed E-state index contributed by atoms with van der Waals surface area (Å²) in [4.78, 5) is 0. The molecule has 2 nitrogen and oxygen atoms in total. The van der Waals surface area contributed by atoms with Crippen molar-refractivity contribution in [2.45, 2.75) is 19.8 Å². The summed E-state index contributed by atoms with van der Waals surface area (Å²) in [6, 6.07) is 0. The van der Waals surface area contributed by atoms with Crippen LogP contribution in [0, 0.1) is 0 Å². The Morgan fingerprint density at radius 3 is 2.75 bits per heavy atom. The Balaban J connectivity index is 2.60. The molecule has 2 heteroatoms. The van der Waals surface area contributed by atoms with Gasteiger partial charge in [-0.1, -0.05) is 0 Å². The van der Waals surface area contributed by atoms with Gasteiger partial charge in [-0.15, -0.1) is 0 Å². The number of aliphatic hydroxyl groups is 1. The van der Waals surface area contributed by atoms with Crippen LogP contribution in [-0.4, -0.2) is 11.7 Å². The molecule has 0 aromatic carbocycles. The first-order chi connectivity index (χ1) is 3.80. The van der Waals surface area contributed by atoms with E-state index >= 15 is 0 Å². The molecule has 0 spiro atoms. The lowest BCUT2D eigenvalue weighted by Gasteiger charge is -2.12. The van der Waals surface area contributed by atoms with Gasteiger partial charge in [0.2, 0.25) is 0 Å². The van der Waals surface area contributed by atoms with E-state index in [0.717, 1.165) is 18.4 Å². The Bertz CT molecular complexity index is 102. The van der Waals surface area contributed by atoms with E-state index in [-0.39, 0.29) is 5.95 Å². The molecule has 0 amide bonds. The smallest absolute Gasteiger partial charge is 0.275 e. The van der Waals surface area contributed by atoms with E-state index in [2.05, 4.69) is 0 Å². The van der Waals surface area contributed by atoms with Gasteiger partial charge in [-0.3, -0.25) is 0 Å². The maximum Gasteiger partial charge on any atom is 0.275 e. The van der Waals surface area contributed by atoms with E-state index < -0.39 is 0 Å². The number of hydrogen-bond acceptors (Lipinski definition) is 2. The summed E-state index contributed by atoms with van der Waals surface area (Å²) >= 11 is 0. The molecule has 0 aliphatic carbocycles. The molecule has 0 radical (unpaired) electrons. The molecule has 0 unspecified atom stereocenters. The van der Waals surface area contributed by atoms with Gasteiger partial charge in [0.05, 0.1) is 6.61 Å². The summed E-state index contributed by atoms with van der Waals surface area (Å²) < 4.78 is 4.83. The van der Waals surface area contributed by atoms with Crippen molar-refractivity contribution in [1.82, 2.24) is 0 Å². The molecule has 1 aliphatic heterocycles. The van der Waals surface area contributed by atoms with Crippen LogP contribution in [0.25, 0.3) is 0 Å². The predicted octanol–water partition coefficient (Wildman–Crippen LogP) is 1.59. The predicted molar refractivity (Wildman–Crippen MR) is 30.5 cm³/mol. The fraction of sp³-hybridized carbons (Fsp3) is 0.667. The molecule has 0 fully saturated rings. The maximum atomic E-state index is 8.84. The van der Waals surface area contributed by atoms with Gasteiger partial charge in [-0.2, -0.15) is 0 Å². The molecule has 1 aliphatic rings. The van der Waals surface area contributed by atoms with Crippen molar-refractivity contribution >= 4 is 0 Å². The van der Waals surface area contributed by atoms with Crippen molar-refractivity contribution in [3.05, 3.63) is 11.5 Å². The van der Waals surface area contributed by atoms with Gasteiger partial charge < -0.3 is 9.84 Å². The Morgan fingerprint density at radius 1 is 1.62 bits per heavy atom. The zero-order chi connectivity index (χ0) is 5.98. The molecule has 0 saturated heterocycles. The van der Waals surface area contributed by atoms with Crippen molar-refractivity contribution < 1.29 is 9.84 Å². The Morgan fingerprint density at radius 2 is 2.38 bits per heavy atom. The molecule has 0 aromatic heterocycles. The Kier molecular flexibility index (Phi) is 1.42. The summed E-state index contributed by atoms with van der Waals surface area (Å²) in [6.07, 6.45) is 2.02. The monoisotopic (exact) mass is 114 g/mol. The lowest BCUT2D eigenvalue weighted by Crippen LogP contribution is -2.03. The Hall–Kier alpha value is -0.660. The highest BCUT2D eigenvalue weighted by Gasteiger charge is 2.06. The quantitative estimate of drug-likeness (QED) is 0.518. The lowest BCUT2D eigenvalue weighted by molar-refractivity contribution is 0.0736. The van der Waals surface area contributed by atoms with Gasteiger partial charge in [0, 0.05) is 5.57 Å². The summed E-state index contributed by atoms with van der Waals surface area (Å²) in [5.41, 5.74) is 0.969. The first-order valence-electron chi connectivity index (χ1n) is 2.82. The van der Waals surface area contributed by atoms with E-state index in [1.807, 2.05) is 6.92 Å². The number of hydrogen-bond donors (Lipinski definition) is 1. The topological polar surface area (TPSA) is 29.5 Å². The molecule has 8 heavy (non-hydrogen) atoms. The van der Waals surface area contributed by atoms with Gasteiger partial charge in [0.25, 0.3) is 5.95 Å². The third kappa shape index (κ3) is 0.941. The second-order valence-corrected chi connectivity index (χ2v) is 2.04. The van der Waals surface area contributed by atoms with Gasteiger partial charge >= 0.3 is 0 Å². The van der Waals surface area contributed by atoms with Crippen molar-refractivity contribution in [3.63, 3.8) is 0 Å². The molecule has 46 valence electrons. The molecule has 0 atom stereocenters. The first kappa shape index (κ1) is 5.48. The highest BCUT2D eigenvalue weighted by molar-refractivity contribution is 5.00. The summed E-state index contributed by atoms with van der Waals surface area (Å²) in [7, 11) is 0. The molecular formula is C6H10O2. The fourth-order valence-corrected chi connectivity index (χ4v) is 0.736. The minimum absolute atomic E-state index is 0.135. The van der Waals surface area contributed by atoms with Crippen LogP contribution in [0.15, 0.2) is 11.5 Å². The van der Waals surface area contributed by atoms with Crippen molar-refractivity contribution in [1.29, 1.82) is 0 Å². The standard InChI is InChI=1S/C6H10O2/c1-5-3-2-4-8-6(5)7/h7H,2-4H2,1H3. The fourth-order valence-electron chi connectivity index (χ4n) is 0.736. The Labute approximate surface area is 48.8 Å². The second-order valence-electron chi connectivity index (χ2n) is 2.04. The van der Waals surface area contributed by atoms with Gasteiger partial charge in [-0.25, -0.2) is 0 Å². The zero-order valence-electron chi connectivity index (χ0n) is 4.98. The van der Waals surface area contributed by atoms with Crippen LogP contribution in [0.5, 0.6) is 0 Å². The molecule has 1 N–H and O–H groups in total. The molecule has 1 rings (SSSR count). The number of rotatable bonds is 0. The van der Waals surface area contributed by atoms with Crippen LogP contribution in [0.1, 0.15) is 19.8 Å². The minimum atomic E-state index is 0.135. The van der Waals surface area contributed by atoms with Crippen LogP contribution in [-0.2, 0) is 4.74 Å². The third-order valence-electron chi connectivity index (χ3n) is 1.30. The first-order valence-corrected chi connectivity index (χ1v) is 2.82.